The van der Waals surface area contributed by atoms with Crippen LogP contribution >= 0.6 is 11.8 Å². The van der Waals surface area contributed by atoms with Crippen LogP contribution in [0.15, 0.2) is 66.0 Å². The fourth-order valence-corrected chi connectivity index (χ4v) is 4.71. The Hall–Kier alpha value is -3.72. The summed E-state index contributed by atoms with van der Waals surface area (Å²) in [4.78, 5) is 36.2. The van der Waals surface area contributed by atoms with Crippen molar-refractivity contribution in [3.63, 3.8) is 0 Å². The molecule has 0 atom stereocenters. The third-order valence-corrected chi connectivity index (χ3v) is 6.34. The van der Waals surface area contributed by atoms with Crippen molar-refractivity contribution in [1.29, 1.82) is 0 Å². The van der Waals surface area contributed by atoms with Crippen molar-refractivity contribution in [2.75, 3.05) is 24.2 Å². The molecule has 0 radical (unpaired) electrons. The summed E-state index contributed by atoms with van der Waals surface area (Å²) in [6.07, 6.45) is 4.92. The first kappa shape index (κ1) is 20.2. The molecule has 4 aromatic rings. The van der Waals surface area contributed by atoms with E-state index < -0.39 is 0 Å². The second-order valence-electron chi connectivity index (χ2n) is 7.22. The van der Waals surface area contributed by atoms with Gasteiger partial charge in [0.1, 0.15) is 11.5 Å². The van der Waals surface area contributed by atoms with Crippen LogP contribution in [0.25, 0.3) is 16.9 Å². The zero-order chi connectivity index (χ0) is 22.2. The van der Waals surface area contributed by atoms with Crippen LogP contribution in [0.2, 0.25) is 0 Å². The number of hydrogen-bond donors (Lipinski definition) is 1. The molecule has 2 aromatic carbocycles. The molecule has 3 heterocycles. The summed E-state index contributed by atoms with van der Waals surface area (Å²) >= 11 is 1.53. The number of aromatic nitrogens is 3. The molecule has 2 amide bonds. The third kappa shape index (κ3) is 3.50. The number of fused-ring (bicyclic) bond motifs is 2. The van der Waals surface area contributed by atoms with Crippen molar-refractivity contribution in [3.8, 4) is 11.3 Å². The topological polar surface area (TPSA) is 79.6 Å². The smallest absolute Gasteiger partial charge is 0.278 e. The van der Waals surface area contributed by atoms with E-state index in [1.807, 2.05) is 12.1 Å². The Labute approximate surface area is 187 Å². The molecule has 160 valence electrons. The molecule has 0 saturated heterocycles. The van der Waals surface area contributed by atoms with Crippen LogP contribution in [0.3, 0.4) is 0 Å². The van der Waals surface area contributed by atoms with Gasteiger partial charge < -0.3 is 10.2 Å². The molecule has 1 aliphatic heterocycles. The summed E-state index contributed by atoms with van der Waals surface area (Å²) in [6, 6.07) is 11.6. The van der Waals surface area contributed by atoms with Crippen LogP contribution < -0.4 is 10.2 Å². The number of benzene rings is 2. The molecule has 1 N–H and O–H groups in total. The SMILES string of the molecule is CNC(=O)c1ccc(-c2cnc3cnc(C(=O)N4CCSc5cc(F)ccc54)cn23)cc1. The Morgan fingerprint density at radius 3 is 2.69 bits per heavy atom. The molecular formula is C23H18FN5O2S. The zero-order valence-electron chi connectivity index (χ0n) is 17.1. The molecule has 0 fully saturated rings. The van der Waals surface area contributed by atoms with E-state index in [9.17, 15) is 14.0 Å². The standard InChI is InChI=1S/C23H18FN5O2S/c1-25-22(30)15-4-2-14(3-5-15)19-11-27-21-12-26-17(13-29(19)21)23(31)28-8-9-32-20-10-16(24)6-7-18(20)28/h2-7,10-13H,8-9H2,1H3,(H,25,30). The molecule has 7 nitrogen and oxygen atoms in total. The molecule has 9 heteroatoms. The highest BCUT2D eigenvalue weighted by Crippen LogP contribution is 2.35. The van der Waals surface area contributed by atoms with Gasteiger partial charge >= 0.3 is 0 Å². The van der Waals surface area contributed by atoms with Crippen molar-refractivity contribution >= 4 is 34.9 Å². The average molecular weight is 447 g/mol. The van der Waals surface area contributed by atoms with Gasteiger partial charge in [-0.2, -0.15) is 0 Å². The van der Waals surface area contributed by atoms with E-state index in [0.29, 0.717) is 29.2 Å². The second-order valence-corrected chi connectivity index (χ2v) is 8.35. The first-order valence-corrected chi connectivity index (χ1v) is 10.9. The molecule has 1 aliphatic rings. The molecule has 0 saturated carbocycles. The van der Waals surface area contributed by atoms with E-state index in [0.717, 1.165) is 16.2 Å². The lowest BCUT2D eigenvalue weighted by molar-refractivity contribution is 0.0960. The maximum Gasteiger partial charge on any atom is 0.278 e. The van der Waals surface area contributed by atoms with Crippen LogP contribution in [0.1, 0.15) is 20.8 Å². The summed E-state index contributed by atoms with van der Waals surface area (Å²) in [5, 5.41) is 2.60. The van der Waals surface area contributed by atoms with E-state index in [1.54, 1.807) is 53.1 Å². The number of nitrogens with one attached hydrogen (secondary N) is 1. The number of rotatable bonds is 3. The minimum absolute atomic E-state index is 0.161. The van der Waals surface area contributed by atoms with Crippen LogP contribution in [-0.2, 0) is 0 Å². The summed E-state index contributed by atoms with van der Waals surface area (Å²) < 4.78 is 15.4. The molecule has 5 rings (SSSR count). The van der Waals surface area contributed by atoms with Crippen LogP contribution in [-0.4, -0.2) is 45.5 Å². The monoisotopic (exact) mass is 447 g/mol. The van der Waals surface area contributed by atoms with E-state index in [-0.39, 0.29) is 23.3 Å². The van der Waals surface area contributed by atoms with Gasteiger partial charge in [-0.3, -0.25) is 14.0 Å². The number of carbonyl (C=O) groups is 2. The zero-order valence-corrected chi connectivity index (χ0v) is 17.9. The highest BCUT2D eigenvalue weighted by atomic mass is 32.2. The van der Waals surface area contributed by atoms with Gasteiger partial charge in [-0.1, -0.05) is 12.1 Å². The lowest BCUT2D eigenvalue weighted by atomic mass is 10.1. The Kier molecular flexibility index (Phi) is 5.10. The van der Waals surface area contributed by atoms with E-state index >= 15 is 0 Å². The third-order valence-electron chi connectivity index (χ3n) is 5.32. The normalized spacial score (nSPS) is 13.1. The molecular weight excluding hydrogens is 429 g/mol. The van der Waals surface area contributed by atoms with Gasteiger partial charge in [-0.15, -0.1) is 11.8 Å². The molecule has 0 spiro atoms. The number of nitrogens with zero attached hydrogens (tertiary/aromatic N) is 4. The summed E-state index contributed by atoms with van der Waals surface area (Å²) in [5.74, 6) is -0.0600. The Morgan fingerprint density at radius 2 is 1.91 bits per heavy atom. The van der Waals surface area contributed by atoms with Crippen molar-refractivity contribution in [1.82, 2.24) is 19.7 Å². The maximum absolute atomic E-state index is 13.6. The van der Waals surface area contributed by atoms with Crippen molar-refractivity contribution < 1.29 is 14.0 Å². The quantitative estimate of drug-likeness (QED) is 0.519. The fourth-order valence-electron chi connectivity index (χ4n) is 3.69. The molecule has 0 unspecified atom stereocenters. The lowest BCUT2D eigenvalue weighted by Gasteiger charge is -2.28. The summed E-state index contributed by atoms with van der Waals surface area (Å²) in [7, 11) is 1.59. The second kappa shape index (κ2) is 8.08. The largest absolute Gasteiger partial charge is 0.355 e. The lowest BCUT2D eigenvalue weighted by Crippen LogP contribution is -2.36. The van der Waals surface area contributed by atoms with Gasteiger partial charge in [0, 0.05) is 41.6 Å². The van der Waals surface area contributed by atoms with Gasteiger partial charge in [-0.05, 0) is 30.3 Å². The van der Waals surface area contributed by atoms with E-state index in [4.69, 9.17) is 0 Å². The Balaban J connectivity index is 1.51. The number of anilines is 1. The highest BCUT2D eigenvalue weighted by Gasteiger charge is 2.26. The summed E-state index contributed by atoms with van der Waals surface area (Å²) in [5.41, 5.74) is 3.73. The Bertz CT molecular complexity index is 1350. The first-order chi connectivity index (χ1) is 15.5. The number of imidazole rings is 1. The van der Waals surface area contributed by atoms with E-state index in [2.05, 4.69) is 15.3 Å². The van der Waals surface area contributed by atoms with Crippen LogP contribution in [0.4, 0.5) is 10.1 Å². The van der Waals surface area contributed by atoms with Crippen molar-refractivity contribution in [2.24, 2.45) is 0 Å². The number of hydrogen-bond acceptors (Lipinski definition) is 5. The number of amides is 2. The molecule has 2 aromatic heterocycles. The predicted molar refractivity (Wildman–Crippen MR) is 121 cm³/mol. The van der Waals surface area contributed by atoms with Gasteiger partial charge in [-0.25, -0.2) is 14.4 Å². The first-order valence-electron chi connectivity index (χ1n) is 9.95. The Morgan fingerprint density at radius 1 is 1.09 bits per heavy atom. The number of carbonyl (C=O) groups excluding carboxylic acids is 2. The van der Waals surface area contributed by atoms with Crippen LogP contribution in [0, 0.1) is 5.82 Å². The fraction of sp³-hybridized carbons (Fsp3) is 0.130. The predicted octanol–water partition coefficient (Wildman–Crippen LogP) is 3.65. The average Bonchev–Trinajstić information content (AvgIpc) is 3.26. The summed E-state index contributed by atoms with van der Waals surface area (Å²) in [6.45, 7) is 0.513. The number of thioether (sulfide) groups is 1. The van der Waals surface area contributed by atoms with Crippen LogP contribution in [0.5, 0.6) is 0 Å². The van der Waals surface area contributed by atoms with Crippen molar-refractivity contribution in [2.45, 2.75) is 4.90 Å². The van der Waals surface area contributed by atoms with Gasteiger partial charge in [0.25, 0.3) is 11.8 Å². The highest BCUT2D eigenvalue weighted by molar-refractivity contribution is 7.99. The molecule has 32 heavy (non-hydrogen) atoms. The minimum Gasteiger partial charge on any atom is -0.355 e. The van der Waals surface area contributed by atoms with Gasteiger partial charge in [0.05, 0.1) is 23.8 Å². The van der Waals surface area contributed by atoms with Gasteiger partial charge in [0.2, 0.25) is 0 Å². The molecule has 0 bridgehead atoms. The van der Waals surface area contributed by atoms with E-state index in [1.165, 1.54) is 23.9 Å². The van der Waals surface area contributed by atoms with Crippen molar-refractivity contribution in [3.05, 3.63) is 78.1 Å². The minimum atomic E-state index is -0.324. The molecule has 0 aliphatic carbocycles. The number of halogens is 1. The maximum atomic E-state index is 13.6. The van der Waals surface area contributed by atoms with Gasteiger partial charge in [0.15, 0.2) is 5.65 Å².